The molecule has 1 aliphatic carbocycles. The highest BCUT2D eigenvalue weighted by molar-refractivity contribution is 5.86. The average Bonchev–Trinajstić information content (AvgIpc) is 2.78. The number of piperidine rings is 1. The molecule has 1 saturated heterocycles. The molecular weight excluding hydrogens is 426 g/mol. The van der Waals surface area contributed by atoms with Crippen LogP contribution in [0.4, 0.5) is 5.95 Å². The molecule has 0 unspecified atom stereocenters. The van der Waals surface area contributed by atoms with E-state index in [1.165, 1.54) is 0 Å². The van der Waals surface area contributed by atoms with E-state index in [0.29, 0.717) is 23.8 Å². The number of ether oxygens (including phenoxy) is 1. The van der Waals surface area contributed by atoms with Crippen LogP contribution in [0.5, 0.6) is 5.88 Å². The van der Waals surface area contributed by atoms with Gasteiger partial charge < -0.3 is 15.2 Å². The second kappa shape index (κ2) is 9.57. The molecule has 2 N–H and O–H groups in total. The van der Waals surface area contributed by atoms with Crippen molar-refractivity contribution in [1.82, 2.24) is 19.9 Å². The number of nitrogens with zero attached hydrogens (tertiary/aromatic N) is 4. The smallest absolute Gasteiger partial charge is 0.224 e. The number of hydrogen-bond acceptors (Lipinski definition) is 7. The molecule has 0 aromatic carbocycles. The first-order chi connectivity index (χ1) is 16.0. The lowest BCUT2D eigenvalue weighted by Gasteiger charge is -2.53. The fourth-order valence-corrected chi connectivity index (χ4v) is 5.71. The molecule has 7 heteroatoms. The number of nitrogens with one attached hydrogen (secondary N) is 1. The Morgan fingerprint density at radius 1 is 1.09 bits per heavy atom. The van der Waals surface area contributed by atoms with Gasteiger partial charge in [0.1, 0.15) is 6.10 Å². The zero-order chi connectivity index (χ0) is 24.7. The second-order valence-electron chi connectivity index (χ2n) is 11.8. The summed E-state index contributed by atoms with van der Waals surface area (Å²) in [4.78, 5) is 16.9. The minimum atomic E-state index is -0.188. The summed E-state index contributed by atoms with van der Waals surface area (Å²) < 4.78 is 6.61. The number of pyridine rings is 1. The molecule has 1 aliphatic heterocycles. The van der Waals surface area contributed by atoms with Gasteiger partial charge in [-0.25, -0.2) is 15.0 Å². The molecule has 0 bridgehead atoms. The summed E-state index contributed by atoms with van der Waals surface area (Å²) >= 11 is 0. The number of anilines is 1. The van der Waals surface area contributed by atoms with Gasteiger partial charge in [-0.2, -0.15) is 0 Å². The van der Waals surface area contributed by atoms with E-state index in [1.54, 1.807) is 0 Å². The molecule has 3 heterocycles. The Kier molecular flexibility index (Phi) is 7.07. The van der Waals surface area contributed by atoms with Crippen molar-refractivity contribution in [3.63, 3.8) is 0 Å². The number of aliphatic hydroxyl groups excluding tert-OH is 1. The summed E-state index contributed by atoms with van der Waals surface area (Å²) in [6.07, 6.45) is 10.2. The Morgan fingerprint density at radius 2 is 1.74 bits per heavy atom. The van der Waals surface area contributed by atoms with Crippen molar-refractivity contribution in [2.24, 2.45) is 0 Å². The summed E-state index contributed by atoms with van der Waals surface area (Å²) in [5.74, 6) is 1.63. The van der Waals surface area contributed by atoms with Crippen LogP contribution < -0.4 is 10.1 Å². The molecule has 7 nitrogen and oxygen atoms in total. The summed E-state index contributed by atoms with van der Waals surface area (Å²) in [6, 6.07) is 0.298. The van der Waals surface area contributed by atoms with Crippen LogP contribution in [-0.4, -0.2) is 61.3 Å². The maximum atomic E-state index is 10.0. The third-order valence-corrected chi connectivity index (χ3v) is 8.29. The van der Waals surface area contributed by atoms with Crippen LogP contribution in [0.1, 0.15) is 98.0 Å². The van der Waals surface area contributed by atoms with Crippen LogP contribution in [0.25, 0.3) is 10.9 Å². The zero-order valence-corrected chi connectivity index (χ0v) is 22.1. The lowest BCUT2D eigenvalue weighted by atomic mass is 9.79. The van der Waals surface area contributed by atoms with Crippen LogP contribution in [0.15, 0.2) is 12.4 Å². The summed E-state index contributed by atoms with van der Waals surface area (Å²) in [6.45, 7) is 13.4. The predicted octanol–water partition coefficient (Wildman–Crippen LogP) is 5.28. The Labute approximate surface area is 204 Å². The third-order valence-electron chi connectivity index (χ3n) is 8.29. The van der Waals surface area contributed by atoms with Crippen molar-refractivity contribution in [2.45, 2.75) is 122 Å². The van der Waals surface area contributed by atoms with Crippen molar-refractivity contribution in [1.29, 1.82) is 0 Å². The molecule has 0 spiro atoms. The minimum absolute atomic E-state index is 0.0367. The second-order valence-corrected chi connectivity index (χ2v) is 11.8. The van der Waals surface area contributed by atoms with E-state index in [9.17, 15) is 5.11 Å². The monoisotopic (exact) mass is 469 g/mol. The molecule has 34 heavy (non-hydrogen) atoms. The summed E-state index contributed by atoms with van der Waals surface area (Å²) in [5, 5.41) is 14.3. The van der Waals surface area contributed by atoms with E-state index in [1.807, 2.05) is 12.4 Å². The molecule has 2 fully saturated rings. The molecule has 2 aromatic heterocycles. The highest BCUT2D eigenvalue weighted by Crippen LogP contribution is 2.41. The molecule has 1 saturated carbocycles. The lowest BCUT2D eigenvalue weighted by molar-refractivity contribution is -0.0563. The number of aliphatic hydroxyl groups is 1. The average molecular weight is 470 g/mol. The highest BCUT2D eigenvalue weighted by Gasteiger charge is 2.44. The van der Waals surface area contributed by atoms with Gasteiger partial charge in [0, 0.05) is 47.9 Å². The van der Waals surface area contributed by atoms with Gasteiger partial charge in [-0.05, 0) is 79.7 Å². The third kappa shape index (κ3) is 5.15. The van der Waals surface area contributed by atoms with E-state index < -0.39 is 0 Å². The Hall–Kier alpha value is -1.99. The van der Waals surface area contributed by atoms with Gasteiger partial charge in [-0.15, -0.1) is 0 Å². The summed E-state index contributed by atoms with van der Waals surface area (Å²) in [7, 11) is 2.21. The van der Waals surface area contributed by atoms with Crippen LogP contribution >= 0.6 is 0 Å². The van der Waals surface area contributed by atoms with Crippen molar-refractivity contribution in [3.8, 4) is 5.88 Å². The number of rotatable bonds is 6. The van der Waals surface area contributed by atoms with Crippen LogP contribution in [0.3, 0.4) is 0 Å². The van der Waals surface area contributed by atoms with Crippen molar-refractivity contribution in [2.75, 3.05) is 12.4 Å². The first-order valence-electron chi connectivity index (χ1n) is 13.0. The first-order valence-corrected chi connectivity index (χ1v) is 13.0. The fraction of sp³-hybridized carbons (Fsp3) is 0.741. The van der Waals surface area contributed by atoms with Gasteiger partial charge in [0.2, 0.25) is 11.8 Å². The van der Waals surface area contributed by atoms with E-state index >= 15 is 0 Å². The van der Waals surface area contributed by atoms with Gasteiger partial charge in [0.15, 0.2) is 0 Å². The summed E-state index contributed by atoms with van der Waals surface area (Å²) in [5.41, 5.74) is 2.15. The SMILES string of the molecule is CC[C@H](C)Nc1ncc2c(OC3CC(C)(C)N(C)C(C)(C)C3)ncc(C3CCC(O)CC3)c2n1. The fourth-order valence-electron chi connectivity index (χ4n) is 5.71. The predicted molar refractivity (Wildman–Crippen MR) is 137 cm³/mol. The van der Waals surface area contributed by atoms with Gasteiger partial charge in [-0.1, -0.05) is 6.92 Å². The van der Waals surface area contributed by atoms with Crippen molar-refractivity contribution >= 4 is 16.9 Å². The van der Waals surface area contributed by atoms with E-state index in [0.717, 1.165) is 61.4 Å². The lowest BCUT2D eigenvalue weighted by Crippen LogP contribution is -2.60. The maximum absolute atomic E-state index is 10.0. The molecule has 2 aliphatic rings. The van der Waals surface area contributed by atoms with Crippen molar-refractivity contribution in [3.05, 3.63) is 18.0 Å². The van der Waals surface area contributed by atoms with E-state index in [2.05, 4.69) is 63.8 Å². The molecule has 2 aromatic rings. The van der Waals surface area contributed by atoms with Crippen molar-refractivity contribution < 1.29 is 9.84 Å². The van der Waals surface area contributed by atoms with Crippen LogP contribution in [0.2, 0.25) is 0 Å². The maximum Gasteiger partial charge on any atom is 0.224 e. The van der Waals surface area contributed by atoms with Crippen LogP contribution in [0, 0.1) is 0 Å². The van der Waals surface area contributed by atoms with Gasteiger partial charge in [0.05, 0.1) is 17.0 Å². The van der Waals surface area contributed by atoms with E-state index in [4.69, 9.17) is 14.7 Å². The largest absolute Gasteiger partial charge is 0.474 e. The van der Waals surface area contributed by atoms with Crippen LogP contribution in [-0.2, 0) is 0 Å². The molecular formula is C27H43N5O2. The minimum Gasteiger partial charge on any atom is -0.474 e. The number of hydrogen-bond donors (Lipinski definition) is 2. The normalized spacial score (nSPS) is 26.4. The molecule has 4 rings (SSSR count). The molecule has 1 atom stereocenters. The van der Waals surface area contributed by atoms with Gasteiger partial charge in [0.25, 0.3) is 0 Å². The molecule has 0 amide bonds. The molecule has 0 radical (unpaired) electrons. The first kappa shape index (κ1) is 25.1. The van der Waals surface area contributed by atoms with Gasteiger partial charge in [-0.3, -0.25) is 4.90 Å². The number of fused-ring (bicyclic) bond motifs is 1. The standard InChI is InChI=1S/C27H43N5O2/c1-8-17(2)30-25-29-16-22-23(31-25)21(18-9-11-19(33)12-10-18)15-28-24(22)34-20-13-26(3,4)32(7)27(5,6)14-20/h15-20,33H,8-14H2,1-7H3,(H,29,30,31)/t17-,18?,19?/m0/s1. The topological polar surface area (TPSA) is 83.4 Å². The quantitative estimate of drug-likeness (QED) is 0.595. The van der Waals surface area contributed by atoms with Gasteiger partial charge >= 0.3 is 0 Å². The Balaban J connectivity index is 1.69. The Bertz CT molecular complexity index is 982. The Morgan fingerprint density at radius 3 is 2.35 bits per heavy atom. The zero-order valence-electron chi connectivity index (χ0n) is 22.1. The highest BCUT2D eigenvalue weighted by atomic mass is 16.5. The van der Waals surface area contributed by atoms with E-state index in [-0.39, 0.29) is 23.3 Å². The molecule has 188 valence electrons. The number of likely N-dealkylation sites (tertiary alicyclic amines) is 1. The number of aromatic nitrogens is 3.